The molecule has 4 fully saturated rings. The molecular formula is C52H103N3. The molecule has 2 saturated heterocycles. The van der Waals surface area contributed by atoms with Crippen molar-refractivity contribution in [1.29, 1.82) is 0 Å². The maximum absolute atomic E-state index is 2.45. The van der Waals surface area contributed by atoms with Gasteiger partial charge in [-0.1, -0.05) is 144 Å². The van der Waals surface area contributed by atoms with Crippen LogP contribution in [0.5, 0.6) is 0 Å². The van der Waals surface area contributed by atoms with E-state index in [9.17, 15) is 0 Å². The Labute approximate surface area is 348 Å². The Kier molecular flexibility index (Phi) is 23.3. The average Bonchev–Trinajstić information content (AvgIpc) is 3.63. The lowest BCUT2D eigenvalue weighted by molar-refractivity contribution is 0.107. The minimum atomic E-state index is 0.232. The fourth-order valence-electron chi connectivity index (χ4n) is 9.95. The zero-order chi connectivity index (χ0) is 42.4. The number of piperidine rings is 1. The largest absolute Gasteiger partial charge is 0.303 e. The van der Waals surface area contributed by atoms with Crippen molar-refractivity contribution in [2.75, 3.05) is 34.2 Å². The summed E-state index contributed by atoms with van der Waals surface area (Å²) in [6.45, 7) is 44.4. The third-order valence-corrected chi connectivity index (χ3v) is 16.6. The van der Waals surface area contributed by atoms with Gasteiger partial charge in [-0.3, -0.25) is 4.90 Å². The summed E-state index contributed by atoms with van der Waals surface area (Å²) in [4.78, 5) is 7.32. The van der Waals surface area contributed by atoms with Gasteiger partial charge in [0.2, 0.25) is 0 Å². The van der Waals surface area contributed by atoms with Crippen LogP contribution in [0.25, 0.3) is 0 Å². The van der Waals surface area contributed by atoms with E-state index in [1.54, 1.807) is 5.57 Å². The molecule has 3 heterocycles. The molecule has 0 bridgehead atoms. The number of nitrogens with zero attached hydrogens (tertiary/aromatic N) is 3. The lowest BCUT2D eigenvalue weighted by Crippen LogP contribution is -2.51. The highest BCUT2D eigenvalue weighted by molar-refractivity contribution is 5.18. The monoisotopic (exact) mass is 770 g/mol. The van der Waals surface area contributed by atoms with E-state index in [-0.39, 0.29) is 5.54 Å². The second-order valence-electron chi connectivity index (χ2n) is 22.0. The van der Waals surface area contributed by atoms with Crippen LogP contribution < -0.4 is 0 Å². The first kappa shape index (κ1) is 52.4. The van der Waals surface area contributed by atoms with Crippen LogP contribution in [0.4, 0.5) is 0 Å². The molecule has 0 amide bonds. The van der Waals surface area contributed by atoms with Gasteiger partial charge < -0.3 is 9.80 Å². The van der Waals surface area contributed by atoms with E-state index in [4.69, 9.17) is 0 Å². The Bertz CT molecular complexity index is 1060. The molecule has 12 unspecified atom stereocenters. The van der Waals surface area contributed by atoms with Gasteiger partial charge in [0.1, 0.15) is 0 Å². The van der Waals surface area contributed by atoms with Crippen molar-refractivity contribution in [3.8, 4) is 0 Å². The lowest BCUT2D eigenvalue weighted by Gasteiger charge is -2.45. The maximum atomic E-state index is 2.45. The molecule has 6 aliphatic rings. The van der Waals surface area contributed by atoms with Crippen LogP contribution in [0.2, 0.25) is 0 Å². The predicted molar refractivity (Wildman–Crippen MR) is 250 cm³/mol. The van der Waals surface area contributed by atoms with Crippen LogP contribution in [0.3, 0.4) is 0 Å². The highest BCUT2D eigenvalue weighted by atomic mass is 15.2. The minimum absolute atomic E-state index is 0.232. The molecule has 0 radical (unpaired) electrons. The van der Waals surface area contributed by atoms with Crippen LogP contribution in [0.1, 0.15) is 195 Å². The van der Waals surface area contributed by atoms with Crippen molar-refractivity contribution < 1.29 is 0 Å². The van der Waals surface area contributed by atoms with Crippen molar-refractivity contribution in [2.24, 2.45) is 58.7 Å². The standard InChI is InChI=1S/C11H21N.C11H20.C8H17N.C8H16.C7H15N.C7H14/c1-8-7-11(4,5)12(6)10(3)9(8)2;1-8-6-11(4,5)7-9(2)10(8)3;1-7-5-4-6-9(3)8(7)2;1-7-5-3-4-6-8(7)2;1-6-4-5-8(3)7(6)2;1-6-4-3-5-7(6)2/h7,9-10H,1-6H3;6,9-10H,7H2,1-5H3;7-8H,4-6H2,1-3H3;7-8H,3-6H2,1-2H3;6-7H,4-5H2,1-3H3;6-7H,3-5H2,1-2H3. The molecule has 0 spiro atoms. The predicted octanol–water partition coefficient (Wildman–Crippen LogP) is 14.7. The Hall–Kier alpha value is -0.640. The zero-order valence-corrected chi connectivity index (χ0v) is 41.6. The van der Waals surface area contributed by atoms with E-state index in [0.717, 1.165) is 59.4 Å². The van der Waals surface area contributed by atoms with Gasteiger partial charge in [-0.15, -0.1) is 0 Å². The van der Waals surface area contributed by atoms with Crippen molar-refractivity contribution in [1.82, 2.24) is 14.7 Å². The lowest BCUT2D eigenvalue weighted by atomic mass is 9.70. The molecule has 3 heteroatoms. The third kappa shape index (κ3) is 18.0. The molecule has 0 aromatic carbocycles. The number of rotatable bonds is 0. The van der Waals surface area contributed by atoms with E-state index in [2.05, 4.69) is 173 Å². The highest BCUT2D eigenvalue weighted by Crippen LogP contribution is 2.40. The van der Waals surface area contributed by atoms with Crippen LogP contribution in [-0.2, 0) is 0 Å². The van der Waals surface area contributed by atoms with Crippen LogP contribution in [0.15, 0.2) is 23.3 Å². The van der Waals surface area contributed by atoms with Gasteiger partial charge in [0.05, 0.1) is 0 Å². The van der Waals surface area contributed by atoms with Gasteiger partial charge in [0, 0.05) is 23.7 Å². The fourth-order valence-corrected chi connectivity index (χ4v) is 9.95. The Morgan fingerprint density at radius 3 is 1.18 bits per heavy atom. The molecular weight excluding hydrogens is 667 g/mol. The quantitative estimate of drug-likeness (QED) is 0.227. The number of hydrogen-bond acceptors (Lipinski definition) is 3. The maximum Gasteiger partial charge on any atom is 0.0337 e. The normalized spacial score (nSPS) is 38.7. The average molecular weight is 770 g/mol. The number of likely N-dealkylation sites (tertiary alicyclic amines) is 2. The van der Waals surface area contributed by atoms with E-state index in [1.165, 1.54) is 89.3 Å². The van der Waals surface area contributed by atoms with Crippen molar-refractivity contribution in [3.05, 3.63) is 23.3 Å². The van der Waals surface area contributed by atoms with Crippen molar-refractivity contribution >= 4 is 0 Å². The topological polar surface area (TPSA) is 9.72 Å². The number of hydrogen-bond donors (Lipinski definition) is 0. The van der Waals surface area contributed by atoms with Crippen LogP contribution in [-0.4, -0.2) is 72.6 Å². The molecule has 55 heavy (non-hydrogen) atoms. The highest BCUT2D eigenvalue weighted by Gasteiger charge is 2.33. The molecule has 0 aromatic heterocycles. The third-order valence-electron chi connectivity index (χ3n) is 16.6. The van der Waals surface area contributed by atoms with Gasteiger partial charge >= 0.3 is 0 Å². The summed E-state index contributed by atoms with van der Waals surface area (Å²) in [5.41, 5.74) is 3.78. The van der Waals surface area contributed by atoms with Gasteiger partial charge in [-0.05, 0) is 167 Å². The molecule has 3 aliphatic carbocycles. The molecule has 0 aromatic rings. The molecule has 6 rings (SSSR count). The van der Waals surface area contributed by atoms with Crippen molar-refractivity contribution in [2.45, 2.75) is 219 Å². The summed E-state index contributed by atoms with van der Waals surface area (Å²) in [6.07, 6.45) is 20.7. The first-order valence-corrected chi connectivity index (χ1v) is 23.8. The molecule has 2 saturated carbocycles. The summed E-state index contributed by atoms with van der Waals surface area (Å²) in [7, 11) is 6.64. The second-order valence-corrected chi connectivity index (χ2v) is 22.0. The van der Waals surface area contributed by atoms with Gasteiger partial charge in [0.15, 0.2) is 0 Å². The molecule has 326 valence electrons. The Morgan fingerprint density at radius 2 is 0.836 bits per heavy atom. The number of likely N-dealkylation sites (N-methyl/N-ethyl adjacent to an activating group) is 1. The molecule has 3 nitrogen and oxygen atoms in total. The minimum Gasteiger partial charge on any atom is -0.303 e. The summed E-state index contributed by atoms with van der Waals surface area (Å²) >= 11 is 0. The fraction of sp³-hybridized carbons (Fsp3) is 0.923. The Morgan fingerprint density at radius 1 is 0.436 bits per heavy atom. The number of allylic oxidation sites excluding steroid dienone is 2. The van der Waals surface area contributed by atoms with Gasteiger partial charge in [-0.2, -0.15) is 0 Å². The first-order chi connectivity index (χ1) is 25.3. The van der Waals surface area contributed by atoms with E-state index >= 15 is 0 Å². The van der Waals surface area contributed by atoms with E-state index < -0.39 is 0 Å². The van der Waals surface area contributed by atoms with Crippen LogP contribution >= 0.6 is 0 Å². The van der Waals surface area contributed by atoms with Crippen molar-refractivity contribution in [3.63, 3.8) is 0 Å². The first-order valence-electron chi connectivity index (χ1n) is 23.8. The zero-order valence-electron chi connectivity index (χ0n) is 41.6. The summed E-state index contributed by atoms with van der Waals surface area (Å²) in [5, 5.41) is 0. The SMILES string of the molecule is CC1=CC(C)(C)CC(C)C1C.CC1=CC(C)(C)N(C)C(C)C1C.CC1CCCC1C.CC1CCCCC1C.CC1CCCN(C)C1C.CC1CCN(C)C1C. The van der Waals surface area contributed by atoms with Gasteiger partial charge in [-0.25, -0.2) is 0 Å². The summed E-state index contributed by atoms with van der Waals surface area (Å²) in [5.74, 6) is 8.21. The smallest absolute Gasteiger partial charge is 0.0337 e. The van der Waals surface area contributed by atoms with Gasteiger partial charge in [0.25, 0.3) is 0 Å². The van der Waals surface area contributed by atoms with E-state index in [0.29, 0.717) is 17.4 Å². The molecule has 3 aliphatic heterocycles. The molecule has 12 atom stereocenters. The van der Waals surface area contributed by atoms with E-state index in [1.807, 2.05) is 0 Å². The molecule has 0 N–H and O–H groups in total. The second kappa shape index (κ2) is 24.4. The summed E-state index contributed by atoms with van der Waals surface area (Å²) < 4.78 is 0. The van der Waals surface area contributed by atoms with Crippen LogP contribution in [0, 0.1) is 58.7 Å². The Balaban J connectivity index is 0.000000333. The summed E-state index contributed by atoms with van der Waals surface area (Å²) in [6, 6.07) is 2.28.